The Morgan fingerprint density at radius 3 is 2.15 bits per heavy atom. The number of rotatable bonds is 6. The van der Waals surface area contributed by atoms with Gasteiger partial charge in [-0.05, 0) is 73.5 Å². The summed E-state index contributed by atoms with van der Waals surface area (Å²) in [6, 6.07) is 19.8. The lowest BCUT2D eigenvalue weighted by Gasteiger charge is -2.13. The first-order chi connectivity index (χ1) is 12.9. The van der Waals surface area contributed by atoms with Crippen LogP contribution in [0.1, 0.15) is 11.1 Å². The fourth-order valence-corrected chi connectivity index (χ4v) is 3.86. The van der Waals surface area contributed by atoms with Crippen molar-refractivity contribution in [3.05, 3.63) is 77.9 Å². The molecule has 0 spiro atoms. The molecule has 0 aliphatic carbocycles. The van der Waals surface area contributed by atoms with Crippen molar-refractivity contribution in [2.75, 3.05) is 17.1 Å². The molecule has 0 fully saturated rings. The number of benzene rings is 3. The van der Waals surface area contributed by atoms with E-state index in [4.69, 9.17) is 4.74 Å². The minimum absolute atomic E-state index is 0.245. The van der Waals surface area contributed by atoms with Gasteiger partial charge in [0.1, 0.15) is 5.75 Å². The van der Waals surface area contributed by atoms with Gasteiger partial charge >= 0.3 is 0 Å². The molecule has 0 aromatic heterocycles. The van der Waals surface area contributed by atoms with Gasteiger partial charge in [-0.15, -0.1) is 0 Å². The average molecular weight is 382 g/mol. The molecule has 0 saturated carbocycles. The maximum absolute atomic E-state index is 12.5. The van der Waals surface area contributed by atoms with Gasteiger partial charge in [-0.25, -0.2) is 8.42 Å². The number of nitrogens with one attached hydrogen (secondary N) is 2. The number of aryl methyl sites for hydroxylation is 2. The molecule has 3 aromatic rings. The van der Waals surface area contributed by atoms with Crippen LogP contribution in [-0.4, -0.2) is 15.5 Å². The van der Waals surface area contributed by atoms with Crippen LogP contribution in [0.2, 0.25) is 0 Å². The number of ether oxygens (including phenoxy) is 1. The number of hydrogen-bond donors (Lipinski definition) is 2. The van der Waals surface area contributed by atoms with Crippen molar-refractivity contribution in [1.82, 2.24) is 0 Å². The molecule has 140 valence electrons. The molecular formula is C21H22N2O3S. The van der Waals surface area contributed by atoms with Crippen molar-refractivity contribution in [2.45, 2.75) is 18.7 Å². The van der Waals surface area contributed by atoms with E-state index in [-0.39, 0.29) is 4.90 Å². The highest BCUT2D eigenvalue weighted by molar-refractivity contribution is 7.92. The molecule has 0 aliphatic heterocycles. The first-order valence-electron chi connectivity index (χ1n) is 8.48. The summed E-state index contributed by atoms with van der Waals surface area (Å²) in [6.07, 6.45) is 0. The fourth-order valence-electron chi connectivity index (χ4n) is 2.69. The first-order valence-corrected chi connectivity index (χ1v) is 9.97. The van der Waals surface area contributed by atoms with E-state index in [1.165, 1.54) is 0 Å². The molecule has 0 bridgehead atoms. The zero-order valence-electron chi connectivity index (χ0n) is 15.5. The van der Waals surface area contributed by atoms with E-state index in [1.807, 2.05) is 50.2 Å². The number of methoxy groups -OCH3 is 1. The van der Waals surface area contributed by atoms with Gasteiger partial charge in [-0.3, -0.25) is 4.72 Å². The van der Waals surface area contributed by atoms with Gasteiger partial charge in [-0.2, -0.15) is 0 Å². The number of sulfonamides is 1. The van der Waals surface area contributed by atoms with Gasteiger partial charge in [0.15, 0.2) is 0 Å². The molecule has 0 radical (unpaired) electrons. The van der Waals surface area contributed by atoms with Gasteiger partial charge in [0.25, 0.3) is 10.0 Å². The van der Waals surface area contributed by atoms with Gasteiger partial charge < -0.3 is 10.1 Å². The van der Waals surface area contributed by atoms with E-state index in [9.17, 15) is 8.42 Å². The molecule has 2 N–H and O–H groups in total. The fraction of sp³-hybridized carbons (Fsp3) is 0.143. The zero-order valence-corrected chi connectivity index (χ0v) is 16.3. The smallest absolute Gasteiger partial charge is 0.261 e. The summed E-state index contributed by atoms with van der Waals surface area (Å²) in [4.78, 5) is 0.245. The van der Waals surface area contributed by atoms with Crippen LogP contribution in [0, 0.1) is 13.8 Å². The maximum atomic E-state index is 12.5. The highest BCUT2D eigenvalue weighted by atomic mass is 32.2. The van der Waals surface area contributed by atoms with Gasteiger partial charge in [0, 0.05) is 11.4 Å². The zero-order chi connectivity index (χ0) is 19.4. The highest BCUT2D eigenvalue weighted by Crippen LogP contribution is 2.29. The first kappa shape index (κ1) is 18.8. The van der Waals surface area contributed by atoms with Crippen molar-refractivity contribution >= 4 is 27.1 Å². The molecule has 27 heavy (non-hydrogen) atoms. The molecule has 0 saturated heterocycles. The third kappa shape index (κ3) is 4.60. The third-order valence-corrected chi connectivity index (χ3v) is 5.45. The molecule has 5 nitrogen and oxygen atoms in total. The van der Waals surface area contributed by atoms with Crippen LogP contribution < -0.4 is 14.8 Å². The Labute approximate surface area is 160 Å². The van der Waals surface area contributed by atoms with E-state index in [2.05, 4.69) is 10.0 Å². The second-order valence-corrected chi connectivity index (χ2v) is 8.01. The van der Waals surface area contributed by atoms with Crippen LogP contribution >= 0.6 is 0 Å². The Morgan fingerprint density at radius 2 is 1.48 bits per heavy atom. The molecule has 0 atom stereocenters. The van der Waals surface area contributed by atoms with Crippen LogP contribution in [0.4, 0.5) is 17.1 Å². The second-order valence-electron chi connectivity index (χ2n) is 6.33. The molecule has 0 unspecified atom stereocenters. The summed E-state index contributed by atoms with van der Waals surface area (Å²) in [6.45, 7) is 3.87. The summed E-state index contributed by atoms with van der Waals surface area (Å²) < 4.78 is 33.0. The predicted molar refractivity (Wildman–Crippen MR) is 109 cm³/mol. The molecule has 0 heterocycles. The summed E-state index contributed by atoms with van der Waals surface area (Å²) in [5, 5.41) is 3.29. The van der Waals surface area contributed by atoms with Crippen molar-refractivity contribution in [1.29, 1.82) is 0 Å². The lowest BCUT2D eigenvalue weighted by atomic mass is 10.2. The minimum atomic E-state index is -3.61. The quantitative estimate of drug-likeness (QED) is 0.639. The predicted octanol–water partition coefficient (Wildman–Crippen LogP) is 4.86. The van der Waals surface area contributed by atoms with E-state index in [0.717, 1.165) is 28.3 Å². The van der Waals surface area contributed by atoms with Crippen molar-refractivity contribution in [3.8, 4) is 5.75 Å². The van der Waals surface area contributed by atoms with Crippen LogP contribution in [0.3, 0.4) is 0 Å². The van der Waals surface area contributed by atoms with Gasteiger partial charge in [0.05, 0.1) is 17.7 Å². The largest absolute Gasteiger partial charge is 0.495 e. The van der Waals surface area contributed by atoms with Crippen LogP contribution in [0.25, 0.3) is 0 Å². The molecule has 6 heteroatoms. The summed E-state index contributed by atoms with van der Waals surface area (Å²) in [7, 11) is -1.99. The van der Waals surface area contributed by atoms with Gasteiger partial charge in [0.2, 0.25) is 0 Å². The Morgan fingerprint density at radius 1 is 0.815 bits per heavy atom. The Kier molecular flexibility index (Phi) is 5.37. The minimum Gasteiger partial charge on any atom is -0.495 e. The normalized spacial score (nSPS) is 11.1. The Hall–Kier alpha value is -2.99. The summed E-state index contributed by atoms with van der Waals surface area (Å²) >= 11 is 0. The van der Waals surface area contributed by atoms with Gasteiger partial charge in [-0.1, -0.05) is 18.2 Å². The SMILES string of the molecule is COc1ccc(C)cc1Nc1ccc(NS(=O)(=O)c2cccc(C)c2)cc1. The summed E-state index contributed by atoms with van der Waals surface area (Å²) in [5.74, 6) is 0.741. The number of anilines is 3. The van der Waals surface area contributed by atoms with Crippen molar-refractivity contribution < 1.29 is 13.2 Å². The van der Waals surface area contributed by atoms with Crippen LogP contribution in [0.15, 0.2) is 71.6 Å². The Bertz CT molecular complexity index is 1050. The summed E-state index contributed by atoms with van der Waals surface area (Å²) in [5.41, 5.74) is 4.19. The second kappa shape index (κ2) is 7.72. The Balaban J connectivity index is 1.77. The van der Waals surface area contributed by atoms with E-state index in [0.29, 0.717) is 5.69 Å². The van der Waals surface area contributed by atoms with E-state index >= 15 is 0 Å². The van der Waals surface area contributed by atoms with Crippen molar-refractivity contribution in [3.63, 3.8) is 0 Å². The maximum Gasteiger partial charge on any atom is 0.261 e. The molecular weight excluding hydrogens is 360 g/mol. The molecule has 3 rings (SSSR count). The number of hydrogen-bond acceptors (Lipinski definition) is 4. The average Bonchev–Trinajstić information content (AvgIpc) is 2.63. The van der Waals surface area contributed by atoms with E-state index < -0.39 is 10.0 Å². The van der Waals surface area contributed by atoms with Crippen molar-refractivity contribution in [2.24, 2.45) is 0 Å². The standard InChI is InChI=1S/C21H22N2O3S/c1-15-5-4-6-19(13-15)27(24,25)23-18-10-8-17(9-11-18)22-20-14-16(2)7-12-21(20)26-3/h4-14,22-23H,1-3H3. The van der Waals surface area contributed by atoms with Crippen LogP contribution in [-0.2, 0) is 10.0 Å². The lowest BCUT2D eigenvalue weighted by Crippen LogP contribution is -2.13. The molecule has 0 amide bonds. The molecule has 0 aliphatic rings. The molecule has 3 aromatic carbocycles. The topological polar surface area (TPSA) is 67.4 Å². The van der Waals surface area contributed by atoms with Crippen LogP contribution in [0.5, 0.6) is 5.75 Å². The monoisotopic (exact) mass is 382 g/mol. The third-order valence-electron chi connectivity index (χ3n) is 4.07. The lowest BCUT2D eigenvalue weighted by molar-refractivity contribution is 0.416. The van der Waals surface area contributed by atoms with E-state index in [1.54, 1.807) is 37.4 Å². The highest BCUT2D eigenvalue weighted by Gasteiger charge is 2.14.